The summed E-state index contributed by atoms with van der Waals surface area (Å²) >= 11 is 5.80. The highest BCUT2D eigenvalue weighted by Crippen LogP contribution is 2.20. The van der Waals surface area contributed by atoms with Crippen LogP contribution >= 0.6 is 11.6 Å². The molecule has 0 fully saturated rings. The Kier molecular flexibility index (Phi) is 9.37. The van der Waals surface area contributed by atoms with Gasteiger partial charge in [-0.15, -0.1) is 0 Å². The maximum Gasteiger partial charge on any atom is 0.213 e. The Morgan fingerprint density at radius 2 is 1.96 bits per heavy atom. The molecule has 0 aliphatic carbocycles. The average Bonchev–Trinajstić information content (AvgIpc) is 2.70. The minimum absolute atomic E-state index is 0.450. The molecule has 8 heteroatoms. The number of aryl methyl sites for hydroxylation is 1. The largest absolute Gasteiger partial charge is 0.491 e. The third-order valence-corrected chi connectivity index (χ3v) is 4.01. The van der Waals surface area contributed by atoms with Crippen molar-refractivity contribution >= 4 is 17.6 Å². The third kappa shape index (κ3) is 7.62. The van der Waals surface area contributed by atoms with Gasteiger partial charge in [-0.2, -0.15) is 0 Å². The van der Waals surface area contributed by atoms with Gasteiger partial charge in [0.15, 0.2) is 5.96 Å². The number of ether oxygens (including phenoxy) is 3. The predicted octanol–water partition coefficient (Wildman–Crippen LogP) is 2.81. The molecule has 0 aliphatic rings. The number of guanidine groups is 1. The van der Waals surface area contributed by atoms with Crippen LogP contribution in [-0.2, 0) is 11.3 Å². The number of hydrogen-bond donors (Lipinski definition) is 2. The molecule has 0 amide bonds. The van der Waals surface area contributed by atoms with E-state index < -0.39 is 0 Å². The third-order valence-electron chi connectivity index (χ3n) is 3.78. The van der Waals surface area contributed by atoms with Crippen LogP contribution in [0, 0.1) is 6.92 Å². The first-order chi connectivity index (χ1) is 13.6. The number of benzene rings is 1. The van der Waals surface area contributed by atoms with Gasteiger partial charge in [0.25, 0.3) is 0 Å². The van der Waals surface area contributed by atoms with Crippen LogP contribution in [0.15, 0.2) is 41.5 Å². The summed E-state index contributed by atoms with van der Waals surface area (Å²) in [6.07, 6.45) is 1.55. The van der Waals surface area contributed by atoms with E-state index in [0.717, 1.165) is 16.9 Å². The summed E-state index contributed by atoms with van der Waals surface area (Å²) < 4.78 is 16.4. The van der Waals surface area contributed by atoms with Crippen LogP contribution in [0.1, 0.15) is 11.1 Å². The predicted molar refractivity (Wildman–Crippen MR) is 111 cm³/mol. The summed E-state index contributed by atoms with van der Waals surface area (Å²) in [5.74, 6) is 2.06. The number of nitrogens with one attached hydrogen (secondary N) is 2. The zero-order valence-electron chi connectivity index (χ0n) is 16.5. The molecular formula is C20H27ClN4O3. The van der Waals surface area contributed by atoms with Gasteiger partial charge in [-0.05, 0) is 24.6 Å². The second kappa shape index (κ2) is 12.0. The molecule has 2 N–H and O–H groups in total. The van der Waals surface area contributed by atoms with E-state index in [-0.39, 0.29) is 0 Å². The molecule has 0 radical (unpaired) electrons. The Hall–Kier alpha value is -2.51. The van der Waals surface area contributed by atoms with Gasteiger partial charge in [-0.1, -0.05) is 23.7 Å². The zero-order chi connectivity index (χ0) is 20.2. The topological polar surface area (TPSA) is 77.0 Å². The van der Waals surface area contributed by atoms with E-state index in [9.17, 15) is 0 Å². The first-order valence-electron chi connectivity index (χ1n) is 9.02. The van der Waals surface area contributed by atoms with Crippen molar-refractivity contribution in [1.29, 1.82) is 0 Å². The quantitative estimate of drug-likeness (QED) is 0.359. The molecule has 0 atom stereocenters. The molecule has 1 heterocycles. The van der Waals surface area contributed by atoms with E-state index in [1.165, 1.54) is 0 Å². The van der Waals surface area contributed by atoms with Gasteiger partial charge in [0, 0.05) is 38.5 Å². The van der Waals surface area contributed by atoms with Crippen molar-refractivity contribution in [1.82, 2.24) is 15.6 Å². The Labute approximate surface area is 171 Å². The molecule has 0 bridgehead atoms. The minimum atomic E-state index is 0.450. The first-order valence-corrected chi connectivity index (χ1v) is 9.40. The van der Waals surface area contributed by atoms with Gasteiger partial charge < -0.3 is 24.8 Å². The number of hydrogen-bond acceptors (Lipinski definition) is 5. The fraction of sp³-hybridized carbons (Fsp3) is 0.400. The van der Waals surface area contributed by atoms with Crippen molar-refractivity contribution in [3.8, 4) is 11.6 Å². The van der Waals surface area contributed by atoms with Gasteiger partial charge in [0.2, 0.25) is 5.88 Å². The number of nitrogens with zero attached hydrogens (tertiary/aromatic N) is 2. The van der Waals surface area contributed by atoms with E-state index in [4.69, 9.17) is 25.8 Å². The average molecular weight is 407 g/mol. The van der Waals surface area contributed by atoms with Crippen molar-refractivity contribution in [2.75, 3.05) is 40.5 Å². The van der Waals surface area contributed by atoms with Crippen LogP contribution in [0.5, 0.6) is 11.6 Å². The second-order valence-corrected chi connectivity index (χ2v) is 6.40. The maximum atomic E-state index is 5.82. The van der Waals surface area contributed by atoms with Gasteiger partial charge in [0.05, 0.1) is 18.2 Å². The van der Waals surface area contributed by atoms with Crippen LogP contribution in [0.4, 0.5) is 0 Å². The number of rotatable bonds is 10. The highest BCUT2D eigenvalue weighted by molar-refractivity contribution is 6.30. The van der Waals surface area contributed by atoms with Crippen LogP contribution < -0.4 is 20.1 Å². The lowest BCUT2D eigenvalue weighted by Gasteiger charge is -2.15. The normalized spacial score (nSPS) is 11.2. The van der Waals surface area contributed by atoms with Gasteiger partial charge in [-0.3, -0.25) is 4.99 Å². The smallest absolute Gasteiger partial charge is 0.213 e. The van der Waals surface area contributed by atoms with Crippen molar-refractivity contribution in [2.24, 2.45) is 4.99 Å². The zero-order valence-corrected chi connectivity index (χ0v) is 17.3. The molecule has 2 rings (SSSR count). The lowest BCUT2D eigenvalue weighted by molar-refractivity contribution is 0.145. The highest BCUT2D eigenvalue weighted by atomic mass is 35.5. The number of aliphatic imine (C=N–C) groups is 1. The van der Waals surface area contributed by atoms with Crippen molar-refractivity contribution in [3.63, 3.8) is 0 Å². The Morgan fingerprint density at radius 1 is 1.11 bits per heavy atom. The molecule has 7 nitrogen and oxygen atoms in total. The molecule has 0 unspecified atom stereocenters. The van der Waals surface area contributed by atoms with Gasteiger partial charge in [-0.25, -0.2) is 4.98 Å². The monoisotopic (exact) mass is 406 g/mol. The molecule has 0 aliphatic heterocycles. The molecule has 1 aromatic carbocycles. The molecule has 28 heavy (non-hydrogen) atoms. The van der Waals surface area contributed by atoms with E-state index in [1.807, 2.05) is 19.1 Å². The Balaban J connectivity index is 1.79. The van der Waals surface area contributed by atoms with Gasteiger partial charge >= 0.3 is 0 Å². The summed E-state index contributed by atoms with van der Waals surface area (Å²) in [7, 11) is 3.38. The Bertz CT molecular complexity index is 754. The van der Waals surface area contributed by atoms with Crippen molar-refractivity contribution < 1.29 is 14.2 Å². The van der Waals surface area contributed by atoms with E-state index in [0.29, 0.717) is 49.8 Å². The van der Waals surface area contributed by atoms with Crippen molar-refractivity contribution in [2.45, 2.75) is 13.5 Å². The molecule has 0 spiro atoms. The number of aromatic nitrogens is 1. The van der Waals surface area contributed by atoms with Crippen LogP contribution in [0.25, 0.3) is 0 Å². The molecule has 0 saturated heterocycles. The molecule has 2 aromatic rings. The van der Waals surface area contributed by atoms with Crippen molar-refractivity contribution in [3.05, 3.63) is 52.7 Å². The molecule has 0 saturated carbocycles. The van der Waals surface area contributed by atoms with Crippen LogP contribution in [0.2, 0.25) is 5.02 Å². The summed E-state index contributed by atoms with van der Waals surface area (Å²) in [5.41, 5.74) is 2.19. The summed E-state index contributed by atoms with van der Waals surface area (Å²) in [5, 5.41) is 7.07. The summed E-state index contributed by atoms with van der Waals surface area (Å²) in [4.78, 5) is 8.31. The highest BCUT2D eigenvalue weighted by Gasteiger charge is 2.06. The number of halogens is 1. The Morgan fingerprint density at radius 3 is 2.68 bits per heavy atom. The standard InChI is InChI=1S/C20H27ClN4O3/c1-15-4-5-16(18(12-15)27-11-10-26-3)13-25-20(22-2)23-8-9-28-19-7-6-17(21)14-24-19/h4-7,12,14H,8-11,13H2,1-3H3,(H2,22,23,25). The fourth-order valence-corrected chi connectivity index (χ4v) is 2.46. The summed E-state index contributed by atoms with van der Waals surface area (Å²) in [6, 6.07) is 9.61. The van der Waals surface area contributed by atoms with Crippen LogP contribution in [-0.4, -0.2) is 51.5 Å². The SMILES string of the molecule is CN=C(NCCOc1ccc(Cl)cn1)NCc1ccc(C)cc1OCCOC. The van der Waals surface area contributed by atoms with E-state index in [1.54, 1.807) is 32.5 Å². The number of pyridine rings is 1. The maximum absolute atomic E-state index is 5.82. The fourth-order valence-electron chi connectivity index (χ4n) is 2.35. The lowest BCUT2D eigenvalue weighted by Crippen LogP contribution is -2.39. The second-order valence-electron chi connectivity index (χ2n) is 5.97. The molecule has 1 aromatic heterocycles. The van der Waals surface area contributed by atoms with Gasteiger partial charge in [0.1, 0.15) is 19.0 Å². The molecule has 152 valence electrons. The molecular weight excluding hydrogens is 380 g/mol. The summed E-state index contributed by atoms with van der Waals surface area (Å²) in [6.45, 7) is 4.71. The minimum Gasteiger partial charge on any atom is -0.491 e. The lowest BCUT2D eigenvalue weighted by atomic mass is 10.1. The number of methoxy groups -OCH3 is 1. The van der Waals surface area contributed by atoms with E-state index >= 15 is 0 Å². The van der Waals surface area contributed by atoms with E-state index in [2.05, 4.69) is 26.7 Å². The first kappa shape index (κ1) is 21.8. The van der Waals surface area contributed by atoms with Crippen LogP contribution in [0.3, 0.4) is 0 Å².